The normalized spacial score (nSPS) is 15.2. The number of hydrogen-bond acceptors (Lipinski definition) is 4. The van der Waals surface area contributed by atoms with Crippen LogP contribution in [0.25, 0.3) is 0 Å². The van der Waals surface area contributed by atoms with E-state index in [9.17, 15) is 0 Å². The summed E-state index contributed by atoms with van der Waals surface area (Å²) in [5, 5.41) is 0. The highest BCUT2D eigenvalue weighted by molar-refractivity contribution is 6.02. The summed E-state index contributed by atoms with van der Waals surface area (Å²) in [4.78, 5) is 13.9. The minimum absolute atomic E-state index is 0.880. The molecular weight excluding hydrogens is 428 g/mol. The largest absolute Gasteiger partial charge is 0.370 e. The van der Waals surface area contributed by atoms with Crippen LogP contribution < -0.4 is 9.80 Å². The van der Waals surface area contributed by atoms with E-state index in [1.807, 2.05) is 0 Å². The van der Waals surface area contributed by atoms with E-state index in [4.69, 9.17) is 0 Å². The molecule has 0 aliphatic carbocycles. The van der Waals surface area contributed by atoms with Gasteiger partial charge < -0.3 is 9.80 Å². The number of benzene rings is 3. The SMILES string of the molecule is Cc1cc(N(C)Cc2ccc(C3=NCCC3)cc2)cc(N(C)Cc2ccc(C3=NCCC3)cc2)c1. The molecule has 0 N–H and O–H groups in total. The summed E-state index contributed by atoms with van der Waals surface area (Å²) in [6, 6.07) is 24.8. The Balaban J connectivity index is 1.25. The van der Waals surface area contributed by atoms with E-state index in [0.29, 0.717) is 0 Å². The number of aliphatic imine (C=N–C) groups is 2. The second-order valence-corrected chi connectivity index (χ2v) is 10.00. The zero-order valence-electron chi connectivity index (χ0n) is 21.3. The van der Waals surface area contributed by atoms with Crippen molar-refractivity contribution in [2.45, 2.75) is 45.7 Å². The Morgan fingerprint density at radius 1 is 0.629 bits per heavy atom. The molecule has 0 fully saturated rings. The zero-order chi connectivity index (χ0) is 24.2. The third kappa shape index (κ3) is 5.64. The third-order valence-electron chi connectivity index (χ3n) is 7.09. The van der Waals surface area contributed by atoms with Gasteiger partial charge in [0, 0.05) is 63.1 Å². The first-order valence-electron chi connectivity index (χ1n) is 12.8. The fourth-order valence-corrected chi connectivity index (χ4v) is 5.07. The summed E-state index contributed by atoms with van der Waals surface area (Å²) in [7, 11) is 4.36. The summed E-state index contributed by atoms with van der Waals surface area (Å²) >= 11 is 0. The van der Waals surface area contributed by atoms with Gasteiger partial charge in [0.05, 0.1) is 0 Å². The predicted octanol–water partition coefficient (Wildman–Crippen LogP) is 6.43. The van der Waals surface area contributed by atoms with E-state index in [2.05, 4.69) is 108 Å². The molecule has 4 heteroatoms. The van der Waals surface area contributed by atoms with Crippen LogP contribution in [0.5, 0.6) is 0 Å². The fraction of sp³-hybridized carbons (Fsp3) is 0.355. The van der Waals surface area contributed by atoms with Crippen LogP contribution in [-0.2, 0) is 13.1 Å². The van der Waals surface area contributed by atoms with E-state index in [-0.39, 0.29) is 0 Å². The van der Waals surface area contributed by atoms with Crippen molar-refractivity contribution in [1.29, 1.82) is 0 Å². The van der Waals surface area contributed by atoms with Crippen LogP contribution in [0.2, 0.25) is 0 Å². The first-order chi connectivity index (χ1) is 17.0. The molecule has 0 saturated heterocycles. The molecule has 2 aliphatic heterocycles. The second kappa shape index (κ2) is 10.5. The van der Waals surface area contributed by atoms with Gasteiger partial charge in [-0.15, -0.1) is 0 Å². The first-order valence-corrected chi connectivity index (χ1v) is 12.8. The van der Waals surface area contributed by atoms with Crippen molar-refractivity contribution in [3.05, 3.63) is 94.5 Å². The molecule has 35 heavy (non-hydrogen) atoms. The third-order valence-corrected chi connectivity index (χ3v) is 7.09. The van der Waals surface area contributed by atoms with E-state index in [0.717, 1.165) is 39.0 Å². The molecule has 0 spiro atoms. The van der Waals surface area contributed by atoms with Gasteiger partial charge in [0.25, 0.3) is 0 Å². The number of nitrogens with zero attached hydrogens (tertiary/aromatic N) is 4. The van der Waals surface area contributed by atoms with Crippen LogP contribution in [0, 0.1) is 6.92 Å². The second-order valence-electron chi connectivity index (χ2n) is 10.00. The molecule has 0 unspecified atom stereocenters. The Morgan fingerprint density at radius 2 is 1.06 bits per heavy atom. The fourth-order valence-electron chi connectivity index (χ4n) is 5.07. The van der Waals surface area contributed by atoms with E-state index >= 15 is 0 Å². The van der Waals surface area contributed by atoms with Gasteiger partial charge in [0.1, 0.15) is 0 Å². The maximum atomic E-state index is 4.63. The Hall–Kier alpha value is -3.40. The molecule has 2 heterocycles. The maximum absolute atomic E-state index is 4.63. The average molecular weight is 465 g/mol. The monoisotopic (exact) mass is 464 g/mol. The van der Waals surface area contributed by atoms with Crippen LogP contribution in [-0.4, -0.2) is 38.6 Å². The van der Waals surface area contributed by atoms with Crippen molar-refractivity contribution in [2.75, 3.05) is 37.0 Å². The molecule has 0 aromatic heterocycles. The lowest BCUT2D eigenvalue weighted by molar-refractivity contribution is 0.904. The van der Waals surface area contributed by atoms with Crippen molar-refractivity contribution in [2.24, 2.45) is 9.98 Å². The van der Waals surface area contributed by atoms with Gasteiger partial charge in [-0.25, -0.2) is 0 Å². The smallest absolute Gasteiger partial charge is 0.0426 e. The number of rotatable bonds is 8. The topological polar surface area (TPSA) is 31.2 Å². The van der Waals surface area contributed by atoms with Crippen LogP contribution in [0.4, 0.5) is 11.4 Å². The van der Waals surface area contributed by atoms with Gasteiger partial charge in [0.2, 0.25) is 0 Å². The summed E-state index contributed by atoms with van der Waals surface area (Å²) in [5.74, 6) is 0. The highest BCUT2D eigenvalue weighted by Gasteiger charge is 2.12. The summed E-state index contributed by atoms with van der Waals surface area (Å²) in [6.07, 6.45) is 4.59. The van der Waals surface area contributed by atoms with Gasteiger partial charge in [-0.3, -0.25) is 9.98 Å². The molecule has 0 radical (unpaired) electrons. The standard InChI is InChI=1S/C31H36N4/c1-23-18-28(34(2)21-24-8-12-26(13-9-24)30-6-4-16-32-30)20-29(19-23)35(3)22-25-10-14-27(15-11-25)31-7-5-17-33-31/h8-15,18-20H,4-7,16-17,21-22H2,1-3H3. The van der Waals surface area contributed by atoms with Crippen molar-refractivity contribution >= 4 is 22.8 Å². The zero-order valence-corrected chi connectivity index (χ0v) is 21.3. The molecule has 0 saturated carbocycles. The molecular formula is C31H36N4. The lowest BCUT2D eigenvalue weighted by atomic mass is 10.0. The van der Waals surface area contributed by atoms with Crippen LogP contribution in [0.15, 0.2) is 76.7 Å². The van der Waals surface area contributed by atoms with Crippen molar-refractivity contribution in [1.82, 2.24) is 0 Å². The van der Waals surface area contributed by atoms with Crippen molar-refractivity contribution in [3.8, 4) is 0 Å². The summed E-state index contributed by atoms with van der Waals surface area (Å²) in [6.45, 7) is 5.90. The highest BCUT2D eigenvalue weighted by atomic mass is 15.1. The van der Waals surface area contributed by atoms with Crippen molar-refractivity contribution < 1.29 is 0 Å². The van der Waals surface area contributed by atoms with Crippen LogP contribution in [0.1, 0.15) is 53.5 Å². The minimum atomic E-state index is 0.880. The van der Waals surface area contributed by atoms with E-state index < -0.39 is 0 Å². The Bertz CT molecular complexity index is 1130. The highest BCUT2D eigenvalue weighted by Crippen LogP contribution is 2.26. The van der Waals surface area contributed by atoms with Crippen LogP contribution >= 0.6 is 0 Å². The Kier molecular flexibility index (Phi) is 6.98. The lowest BCUT2D eigenvalue weighted by Crippen LogP contribution is -2.19. The van der Waals surface area contributed by atoms with Gasteiger partial charge in [-0.05, 0) is 78.6 Å². The van der Waals surface area contributed by atoms with Crippen molar-refractivity contribution in [3.63, 3.8) is 0 Å². The molecule has 0 amide bonds. The molecule has 3 aromatic carbocycles. The molecule has 2 aliphatic rings. The maximum Gasteiger partial charge on any atom is 0.0426 e. The van der Waals surface area contributed by atoms with Gasteiger partial charge >= 0.3 is 0 Å². The predicted molar refractivity (Wildman–Crippen MR) is 150 cm³/mol. The first kappa shape index (κ1) is 23.3. The average Bonchev–Trinajstić information content (AvgIpc) is 3.60. The van der Waals surface area contributed by atoms with Gasteiger partial charge in [0.15, 0.2) is 0 Å². The Labute approximate surface area is 210 Å². The summed E-state index contributed by atoms with van der Waals surface area (Å²) < 4.78 is 0. The molecule has 3 aromatic rings. The molecule has 0 atom stereocenters. The minimum Gasteiger partial charge on any atom is -0.370 e. The van der Waals surface area contributed by atoms with E-state index in [1.165, 1.54) is 63.5 Å². The summed E-state index contributed by atoms with van der Waals surface area (Å²) in [5.41, 5.74) is 11.5. The lowest BCUT2D eigenvalue weighted by Gasteiger charge is -2.25. The molecule has 0 bridgehead atoms. The quantitative estimate of drug-likeness (QED) is 0.384. The molecule has 180 valence electrons. The van der Waals surface area contributed by atoms with E-state index in [1.54, 1.807) is 0 Å². The van der Waals surface area contributed by atoms with Gasteiger partial charge in [-0.1, -0.05) is 48.5 Å². The number of anilines is 2. The Morgan fingerprint density at radius 3 is 1.43 bits per heavy atom. The number of hydrogen-bond donors (Lipinski definition) is 0. The molecule has 5 rings (SSSR count). The number of aryl methyl sites for hydroxylation is 1. The molecule has 4 nitrogen and oxygen atoms in total. The van der Waals surface area contributed by atoms with Crippen LogP contribution in [0.3, 0.4) is 0 Å². The van der Waals surface area contributed by atoms with Gasteiger partial charge in [-0.2, -0.15) is 0 Å².